The Bertz CT molecular complexity index is 415. The van der Waals surface area contributed by atoms with Gasteiger partial charge in [0, 0.05) is 29.5 Å². The van der Waals surface area contributed by atoms with Crippen LogP contribution in [0, 0.1) is 5.92 Å². The summed E-state index contributed by atoms with van der Waals surface area (Å²) in [5.41, 5.74) is 0. The summed E-state index contributed by atoms with van der Waals surface area (Å²) in [6.07, 6.45) is -5.94. The van der Waals surface area contributed by atoms with Crippen molar-refractivity contribution in [1.29, 1.82) is 0 Å². The number of amides is 1. The van der Waals surface area contributed by atoms with E-state index in [0.717, 1.165) is 6.21 Å². The first-order chi connectivity index (χ1) is 10.3. The Morgan fingerprint density at radius 1 is 1.39 bits per heavy atom. The fourth-order valence-electron chi connectivity index (χ4n) is 1.61. The molecular weight excluding hydrogens is 339 g/mol. The molecule has 4 atom stereocenters. The quantitative estimate of drug-likeness (QED) is 0.240. The van der Waals surface area contributed by atoms with E-state index in [1.54, 1.807) is 0 Å². The molecule has 0 aromatic heterocycles. The second-order valence-electron chi connectivity index (χ2n) is 6.00. The van der Waals surface area contributed by atoms with Gasteiger partial charge in [0.25, 0.3) is 0 Å². The molecule has 136 valence electrons. The molecule has 0 saturated heterocycles. The number of nitrogens with zero attached hydrogens (tertiary/aromatic N) is 1. The number of rotatable bonds is 7. The second-order valence-corrected chi connectivity index (χ2v) is 7.99. The minimum Gasteiger partial charge on any atom is -0.598 e. The molecule has 0 aliphatic rings. The van der Waals surface area contributed by atoms with Crippen LogP contribution in [-0.2, 0) is 11.4 Å². The summed E-state index contributed by atoms with van der Waals surface area (Å²) in [6, 6.07) is -3.08. The van der Waals surface area contributed by atoms with E-state index >= 15 is 0 Å². The minimum atomic E-state index is -4.70. The van der Waals surface area contributed by atoms with Gasteiger partial charge in [0.05, 0.1) is 0 Å². The molecule has 0 radical (unpaired) electrons. The monoisotopic (exact) mass is 361 g/mol. The van der Waals surface area contributed by atoms with Crippen molar-refractivity contribution in [3.8, 4) is 0 Å². The third kappa shape index (κ3) is 8.28. The van der Waals surface area contributed by atoms with E-state index in [9.17, 15) is 22.5 Å². The molecule has 4 N–H and O–H groups in total. The molecule has 0 aliphatic heterocycles. The predicted molar refractivity (Wildman–Crippen MR) is 79.9 cm³/mol. The lowest BCUT2D eigenvalue weighted by Crippen LogP contribution is -2.52. The normalized spacial score (nSPS) is 18.4. The fourth-order valence-corrected chi connectivity index (χ4v) is 2.45. The van der Waals surface area contributed by atoms with Crippen LogP contribution in [0.25, 0.3) is 0 Å². The number of halogens is 3. The fraction of sp³-hybridized carbons (Fsp3) is 0.833. The van der Waals surface area contributed by atoms with Crippen molar-refractivity contribution in [2.75, 3.05) is 0 Å². The van der Waals surface area contributed by atoms with E-state index in [-0.39, 0.29) is 0 Å². The molecule has 1 amide bonds. The molecule has 7 nitrogen and oxygen atoms in total. The topological polar surface area (TPSA) is 117 Å². The average Bonchev–Trinajstić information content (AvgIpc) is 2.33. The lowest BCUT2D eigenvalue weighted by molar-refractivity contribution is -0.154. The van der Waals surface area contributed by atoms with Gasteiger partial charge in [-0.1, -0.05) is 0 Å². The zero-order valence-electron chi connectivity index (χ0n) is 13.2. The number of hydrogen-bond acceptors (Lipinski definition) is 5. The molecule has 23 heavy (non-hydrogen) atoms. The van der Waals surface area contributed by atoms with E-state index in [2.05, 4.69) is 5.16 Å². The summed E-state index contributed by atoms with van der Waals surface area (Å²) in [5, 5.41) is 21.9. The van der Waals surface area contributed by atoms with Crippen LogP contribution in [0.5, 0.6) is 0 Å². The summed E-state index contributed by atoms with van der Waals surface area (Å²) >= 11 is -1.97. The number of nitrogens with one attached hydrogen (secondary N) is 2. The molecule has 11 heteroatoms. The van der Waals surface area contributed by atoms with Gasteiger partial charge in [-0.05, 0) is 34.1 Å². The van der Waals surface area contributed by atoms with Crippen LogP contribution in [0.2, 0.25) is 0 Å². The van der Waals surface area contributed by atoms with Crippen LogP contribution < -0.4 is 10.0 Å². The van der Waals surface area contributed by atoms with E-state index in [4.69, 9.17) is 10.3 Å². The Balaban J connectivity index is 5.20. The van der Waals surface area contributed by atoms with Crippen molar-refractivity contribution < 1.29 is 32.8 Å². The van der Waals surface area contributed by atoms with E-state index in [0.29, 0.717) is 0 Å². The van der Waals surface area contributed by atoms with Crippen molar-refractivity contribution >= 4 is 23.7 Å². The predicted octanol–water partition coefficient (Wildman–Crippen LogP) is 2.09. The largest absolute Gasteiger partial charge is 0.598 e. The van der Waals surface area contributed by atoms with Gasteiger partial charge in [-0.2, -0.15) is 13.2 Å². The lowest BCUT2D eigenvalue weighted by atomic mass is 9.94. The highest BCUT2D eigenvalue weighted by Gasteiger charge is 2.46. The molecule has 0 aromatic rings. The van der Waals surface area contributed by atoms with Crippen molar-refractivity contribution in [1.82, 2.24) is 10.0 Å². The number of hydrogen-bond donors (Lipinski definition) is 4. The lowest BCUT2D eigenvalue weighted by Gasteiger charge is -2.31. The highest BCUT2D eigenvalue weighted by molar-refractivity contribution is 7.90. The first-order valence-electron chi connectivity index (χ1n) is 6.70. The Labute approximate surface area is 135 Å². The molecule has 0 bridgehead atoms. The minimum absolute atomic E-state index is 0.642. The van der Waals surface area contributed by atoms with Crippen LogP contribution in [-0.4, -0.2) is 50.2 Å². The highest BCUT2D eigenvalue weighted by Crippen LogP contribution is 2.28. The average molecular weight is 361 g/mol. The van der Waals surface area contributed by atoms with Crippen LogP contribution in [0.15, 0.2) is 5.16 Å². The first-order valence-corrected chi connectivity index (χ1v) is 7.85. The third-order valence-electron chi connectivity index (χ3n) is 2.96. The Hall–Kier alpha value is -1.20. The van der Waals surface area contributed by atoms with E-state index in [1.165, 1.54) is 27.7 Å². The Kier molecular flexibility index (Phi) is 8.15. The van der Waals surface area contributed by atoms with Crippen LogP contribution in [0.3, 0.4) is 0 Å². The van der Waals surface area contributed by atoms with Crippen molar-refractivity contribution in [3.05, 3.63) is 0 Å². The van der Waals surface area contributed by atoms with Gasteiger partial charge in [0.15, 0.2) is 0 Å². The Morgan fingerprint density at radius 2 is 1.91 bits per heavy atom. The Morgan fingerprint density at radius 3 is 2.26 bits per heavy atom. The SMILES string of the molecule is CC(NC(=O)O)C(/C=N/O)CC(N[S+]([O-])C(C)(C)C)C(F)(F)F. The molecule has 0 heterocycles. The smallest absolute Gasteiger partial charge is 0.408 e. The maximum Gasteiger partial charge on any atom is 0.408 e. The molecule has 0 spiro atoms. The van der Waals surface area contributed by atoms with E-state index in [1.807, 2.05) is 10.0 Å². The molecular formula is C12H22F3N3O4S. The summed E-state index contributed by atoms with van der Waals surface area (Å²) in [6.45, 7) is 5.90. The molecule has 0 aromatic carbocycles. The van der Waals surface area contributed by atoms with Gasteiger partial charge in [0.2, 0.25) is 0 Å². The maximum absolute atomic E-state index is 13.2. The number of oxime groups is 1. The molecule has 0 fully saturated rings. The zero-order valence-corrected chi connectivity index (χ0v) is 14.0. The number of carboxylic acid groups (broad SMARTS) is 1. The summed E-state index contributed by atoms with van der Waals surface area (Å²) in [7, 11) is 0. The number of carbonyl (C=O) groups is 1. The summed E-state index contributed by atoms with van der Waals surface area (Å²) in [5.74, 6) is -1.05. The van der Waals surface area contributed by atoms with Crippen molar-refractivity contribution in [2.45, 2.75) is 57.1 Å². The number of alkyl halides is 3. The van der Waals surface area contributed by atoms with Gasteiger partial charge in [0.1, 0.15) is 10.8 Å². The highest BCUT2D eigenvalue weighted by atomic mass is 32.2. The van der Waals surface area contributed by atoms with Crippen molar-refractivity contribution in [3.63, 3.8) is 0 Å². The third-order valence-corrected chi connectivity index (χ3v) is 4.57. The van der Waals surface area contributed by atoms with Gasteiger partial charge in [-0.25, -0.2) is 4.79 Å². The second kappa shape index (κ2) is 8.60. The first kappa shape index (κ1) is 21.8. The molecule has 4 unspecified atom stereocenters. The zero-order chi connectivity index (χ0) is 18.4. The van der Waals surface area contributed by atoms with Gasteiger partial charge in [-0.3, -0.25) is 0 Å². The van der Waals surface area contributed by atoms with Crippen LogP contribution in [0.4, 0.5) is 18.0 Å². The van der Waals surface area contributed by atoms with E-state index < -0.39 is 52.8 Å². The molecule has 0 rings (SSSR count). The molecule has 0 saturated carbocycles. The van der Waals surface area contributed by atoms with Crippen LogP contribution >= 0.6 is 0 Å². The van der Waals surface area contributed by atoms with Gasteiger partial charge < -0.3 is 20.2 Å². The van der Waals surface area contributed by atoms with Crippen molar-refractivity contribution in [2.24, 2.45) is 11.1 Å². The van der Waals surface area contributed by atoms with Crippen LogP contribution in [0.1, 0.15) is 34.1 Å². The summed E-state index contributed by atoms with van der Waals surface area (Å²) in [4.78, 5) is 10.6. The maximum atomic E-state index is 13.2. The standard InChI is InChI=1S/C12H22F3N3O4S/c1-7(17-10(19)20)8(6-16-21)5-9(12(13,14)15)18-23(22)11(2,3)4/h6-9,17-18,21H,5H2,1-4H3,(H,19,20)/b16-6+. The molecule has 0 aliphatic carbocycles. The van der Waals surface area contributed by atoms with Gasteiger partial charge in [-0.15, -0.1) is 9.88 Å². The van der Waals surface area contributed by atoms with Gasteiger partial charge >= 0.3 is 12.3 Å². The summed E-state index contributed by atoms with van der Waals surface area (Å²) < 4.78 is 52.5.